The maximum absolute atomic E-state index is 14.5. The molecule has 44 nitrogen and oxygen atoms in total. The van der Waals surface area contributed by atoms with Crippen LogP contribution < -0.4 is 31.3 Å². The third-order valence-electron chi connectivity index (χ3n) is 19.3. The van der Waals surface area contributed by atoms with E-state index in [4.69, 9.17) is 99.5 Å². The van der Waals surface area contributed by atoms with Gasteiger partial charge in [0.2, 0.25) is 64.4 Å². The van der Waals surface area contributed by atoms with Crippen molar-refractivity contribution in [2.75, 3.05) is 125 Å². The van der Waals surface area contributed by atoms with Gasteiger partial charge in [-0.1, -0.05) is 0 Å². The molecule has 0 bridgehead atoms. The van der Waals surface area contributed by atoms with Crippen molar-refractivity contribution in [2.45, 2.75) is 270 Å². The SMILES string of the molecule is CC(=O)NC1C(OCCOCCOCCCC(=O)CCC(CCCC(=O)NCCOCCOCCOC2OC(COC(C)=O)C(OC(C)=O)C(OC(C)=O)C2NC(C)=O)(CCC(=O)CCCOCCOCCOC2OC(COC(C)=O)C(OC(C)=O)C(OC(C)=O)C2NC(C)=O)NC(=O)CCCC(=O)Oc2c(F)c(F)c(F)c(F)c2F)OC(COC(C)=O)C(OC(C)=O)C1OC(C)=O. The number of hydrogen-bond donors (Lipinski definition) is 5. The normalized spacial score (nSPS) is 21.9. The van der Waals surface area contributed by atoms with Crippen molar-refractivity contribution in [2.24, 2.45) is 0 Å². The molecule has 3 saturated heterocycles. The Morgan fingerprint density at radius 1 is 0.308 bits per heavy atom. The van der Waals surface area contributed by atoms with E-state index < -0.39 is 261 Å². The number of ketones is 2. The molecule has 0 saturated carbocycles. The van der Waals surface area contributed by atoms with E-state index in [2.05, 4.69) is 31.3 Å². The first-order valence-corrected chi connectivity index (χ1v) is 42.9. The van der Waals surface area contributed by atoms with E-state index >= 15 is 0 Å². The first-order chi connectivity index (χ1) is 63.0. The molecule has 15 unspecified atom stereocenters. The zero-order chi connectivity index (χ0) is 98.9. The van der Waals surface area contributed by atoms with Crippen LogP contribution in [-0.4, -0.2) is 324 Å². The van der Waals surface area contributed by atoms with Crippen LogP contribution in [-0.2, 0) is 181 Å². The Morgan fingerprint density at radius 2 is 0.609 bits per heavy atom. The molecule has 3 heterocycles. The lowest BCUT2D eigenvalue weighted by Crippen LogP contribution is -2.66. The summed E-state index contributed by atoms with van der Waals surface area (Å²) in [7, 11) is 0. The zero-order valence-electron chi connectivity index (χ0n) is 76.3. The number of nitrogens with one attached hydrogen (secondary N) is 5. The van der Waals surface area contributed by atoms with Gasteiger partial charge in [0, 0.05) is 153 Å². The van der Waals surface area contributed by atoms with Crippen LogP contribution in [0.3, 0.4) is 0 Å². The summed E-state index contributed by atoms with van der Waals surface area (Å²) < 4.78 is 193. The van der Waals surface area contributed by atoms with Gasteiger partial charge in [-0.25, -0.2) is 13.2 Å². The van der Waals surface area contributed by atoms with Gasteiger partial charge in [-0.15, -0.1) is 0 Å². The average molecular weight is 1920 g/mol. The highest BCUT2D eigenvalue weighted by atomic mass is 19.2. The number of halogens is 5. The lowest BCUT2D eigenvalue weighted by atomic mass is 9.81. The molecule has 4 rings (SSSR count). The Bertz CT molecular complexity index is 3840. The summed E-state index contributed by atoms with van der Waals surface area (Å²) in [6.07, 6.45) is -18.6. The fraction of sp³-hybridized carbons (Fsp3) is 0.726. The fourth-order valence-corrected chi connectivity index (χ4v) is 13.8. The van der Waals surface area contributed by atoms with E-state index in [9.17, 15) is 103 Å². The first kappa shape index (κ1) is 115. The highest BCUT2D eigenvalue weighted by Crippen LogP contribution is 2.35. The minimum absolute atomic E-state index is 0.00117. The number of carbonyl (C=O) groups is 17. The van der Waals surface area contributed by atoms with Crippen molar-refractivity contribution >= 4 is 101 Å². The molecular formula is C84H122F5N5O39. The number of hydrogen-bond acceptors (Lipinski definition) is 39. The number of ether oxygens (including phenoxy) is 22. The predicted octanol–water partition coefficient (Wildman–Crippen LogP) is 1.98. The molecule has 3 aliphatic heterocycles. The average Bonchev–Trinajstić information content (AvgIpc) is 0.783. The van der Waals surface area contributed by atoms with E-state index in [0.717, 1.165) is 62.3 Å². The summed E-state index contributed by atoms with van der Waals surface area (Å²) in [6.45, 7) is 11.2. The van der Waals surface area contributed by atoms with Crippen LogP contribution in [0, 0.1) is 29.1 Å². The van der Waals surface area contributed by atoms with Crippen molar-refractivity contribution in [1.29, 1.82) is 0 Å². The lowest BCUT2D eigenvalue weighted by molar-refractivity contribution is -0.279. The number of esters is 10. The Balaban J connectivity index is 1.45. The summed E-state index contributed by atoms with van der Waals surface area (Å²) in [5, 5.41) is 13.4. The second kappa shape index (κ2) is 61.6. The Morgan fingerprint density at radius 3 is 0.932 bits per heavy atom. The minimum atomic E-state index is -2.51. The molecule has 0 aromatic heterocycles. The number of Topliss-reactive ketones (excluding diaryl/α,β-unsaturated/α-hetero) is 2. The topological polar surface area (TPSA) is 553 Å². The highest BCUT2D eigenvalue weighted by molar-refractivity contribution is 5.82. The standard InChI is InChI=1S/C84H122F5N5O39/c1-46(95)91-71-78(127-55(10)104)74(124-52(7)101)60(43-121-49(4)98)130-81(71)118-40-37-115-34-31-112-28-15-17-58(107)22-25-84(94-64(110)19-13-21-65(111)133-77-69(88)67(86)66(85)68(87)70(77)89,26-23-59(108)18-16-29-113-32-35-116-38-41-119-82-72(92-47(2)96)79(128-56(11)105)75(125-53(8)102)61(131-82)44-122-50(5)99)24-14-20-63(109)90-27-30-114-33-36-117-39-42-120-83-73(93-48(3)97)80(129-57(12)106)76(126-54(9)103)62(132-83)45-123-51(6)100/h60-62,71-76,78-83H,13-45H2,1-12H3,(H,90,109)(H,91,95)(H,92,96)(H,93,97)(H,94,110). The molecule has 752 valence electrons. The second-order valence-electron chi connectivity index (χ2n) is 30.5. The Hall–Kier alpha value is -10.2. The van der Waals surface area contributed by atoms with E-state index in [0.29, 0.717) is 0 Å². The smallest absolute Gasteiger partial charge is 0.311 e. The fourth-order valence-electron chi connectivity index (χ4n) is 13.8. The van der Waals surface area contributed by atoms with E-state index in [1.165, 1.54) is 20.8 Å². The molecule has 1 aromatic carbocycles. The minimum Gasteiger partial charge on any atom is -0.463 e. The summed E-state index contributed by atoms with van der Waals surface area (Å²) in [5.74, 6) is -26.3. The second-order valence-corrected chi connectivity index (χ2v) is 30.5. The van der Waals surface area contributed by atoms with Gasteiger partial charge < -0.3 is 131 Å². The van der Waals surface area contributed by atoms with Crippen LogP contribution in [0.25, 0.3) is 0 Å². The van der Waals surface area contributed by atoms with Crippen LogP contribution >= 0.6 is 0 Å². The van der Waals surface area contributed by atoms with Crippen molar-refractivity contribution in [3.8, 4) is 5.75 Å². The third-order valence-corrected chi connectivity index (χ3v) is 19.3. The molecule has 5 N–H and O–H groups in total. The summed E-state index contributed by atoms with van der Waals surface area (Å²) in [6, 6.07) is -3.70. The molecule has 15 atom stereocenters. The number of carbonyl (C=O) groups excluding carboxylic acids is 17. The number of rotatable bonds is 63. The van der Waals surface area contributed by atoms with Gasteiger partial charge >= 0.3 is 59.7 Å². The maximum Gasteiger partial charge on any atom is 0.311 e. The highest BCUT2D eigenvalue weighted by Gasteiger charge is 2.55. The van der Waals surface area contributed by atoms with E-state index in [1.807, 2.05) is 0 Å². The molecule has 0 spiro atoms. The van der Waals surface area contributed by atoms with Crippen molar-refractivity contribution in [3.63, 3.8) is 0 Å². The molecule has 3 fully saturated rings. The molecule has 5 amide bonds. The van der Waals surface area contributed by atoms with Gasteiger partial charge in [0.25, 0.3) is 0 Å². The zero-order valence-corrected chi connectivity index (χ0v) is 76.3. The van der Waals surface area contributed by atoms with Gasteiger partial charge in [-0.3, -0.25) is 81.5 Å². The maximum atomic E-state index is 14.5. The Labute approximate surface area is 763 Å². The largest absolute Gasteiger partial charge is 0.463 e. The molecule has 0 radical (unpaired) electrons. The number of amides is 5. The van der Waals surface area contributed by atoms with Gasteiger partial charge in [0.1, 0.15) is 67.8 Å². The summed E-state index contributed by atoms with van der Waals surface area (Å²) in [5.41, 5.74) is -1.47. The molecule has 1 aromatic rings. The van der Waals surface area contributed by atoms with Crippen molar-refractivity contribution in [3.05, 3.63) is 29.1 Å². The predicted molar refractivity (Wildman–Crippen MR) is 435 cm³/mol. The lowest BCUT2D eigenvalue weighted by Gasteiger charge is -2.44. The van der Waals surface area contributed by atoms with Gasteiger partial charge in [-0.2, -0.15) is 8.78 Å². The van der Waals surface area contributed by atoms with Gasteiger partial charge in [-0.05, 0) is 44.9 Å². The number of benzene rings is 1. The van der Waals surface area contributed by atoms with Crippen LogP contribution in [0.2, 0.25) is 0 Å². The molecule has 49 heteroatoms. The molecule has 0 aliphatic carbocycles. The van der Waals surface area contributed by atoms with E-state index in [1.54, 1.807) is 0 Å². The van der Waals surface area contributed by atoms with Gasteiger partial charge in [0.05, 0.1) is 85.9 Å². The monoisotopic (exact) mass is 1920 g/mol. The Kier molecular flexibility index (Phi) is 53.3. The summed E-state index contributed by atoms with van der Waals surface area (Å²) >= 11 is 0. The molecule has 3 aliphatic rings. The van der Waals surface area contributed by atoms with E-state index in [-0.39, 0.29) is 188 Å². The molecule has 133 heavy (non-hydrogen) atoms. The molecular weight excluding hydrogens is 1800 g/mol. The third kappa shape index (κ3) is 44.7. The van der Waals surface area contributed by atoms with Crippen LogP contribution in [0.15, 0.2) is 0 Å². The quantitative estimate of drug-likeness (QED) is 0.0118. The van der Waals surface area contributed by atoms with Crippen LogP contribution in [0.5, 0.6) is 5.75 Å². The van der Waals surface area contributed by atoms with Crippen molar-refractivity contribution < 1.29 is 208 Å². The van der Waals surface area contributed by atoms with Crippen LogP contribution in [0.1, 0.15) is 173 Å². The summed E-state index contributed by atoms with van der Waals surface area (Å²) in [4.78, 5) is 214. The first-order valence-electron chi connectivity index (χ1n) is 42.9. The van der Waals surface area contributed by atoms with Gasteiger partial charge in [0.15, 0.2) is 55.5 Å². The van der Waals surface area contributed by atoms with Crippen molar-refractivity contribution in [1.82, 2.24) is 26.6 Å². The van der Waals surface area contributed by atoms with Crippen LogP contribution in [0.4, 0.5) is 22.0 Å².